The summed E-state index contributed by atoms with van der Waals surface area (Å²) in [6, 6.07) is 35.8. The van der Waals surface area contributed by atoms with Crippen molar-refractivity contribution >= 4 is 30.8 Å². The molecule has 7 nitrogen and oxygen atoms in total. The molecule has 0 heterocycles. The number of likely N-dealkylation sites (N-methyl/N-ethyl adjacent to an activating group) is 2. The molecule has 2 N–H and O–H groups in total. The number of benzene rings is 4. The van der Waals surface area contributed by atoms with Gasteiger partial charge in [-0.1, -0.05) is 90.4 Å². The highest BCUT2D eigenvalue weighted by Crippen LogP contribution is 2.36. The van der Waals surface area contributed by atoms with E-state index in [0.29, 0.717) is 12.4 Å². The van der Waals surface area contributed by atoms with Crippen molar-refractivity contribution in [3.05, 3.63) is 115 Å². The van der Waals surface area contributed by atoms with Crippen LogP contribution in [-0.4, -0.2) is 61.8 Å². The van der Waals surface area contributed by atoms with Crippen LogP contribution in [0.3, 0.4) is 0 Å². The van der Waals surface area contributed by atoms with Crippen molar-refractivity contribution in [2.45, 2.75) is 18.4 Å². The third-order valence-corrected chi connectivity index (χ3v) is 7.39. The van der Waals surface area contributed by atoms with E-state index in [9.17, 15) is 0 Å². The molecule has 42 heavy (non-hydrogen) atoms. The molecule has 0 bridgehead atoms. The van der Waals surface area contributed by atoms with Crippen LogP contribution in [0.1, 0.15) is 12.5 Å². The van der Waals surface area contributed by atoms with Crippen molar-refractivity contribution in [1.82, 2.24) is 10.6 Å². The second kappa shape index (κ2) is 15.2. The minimum absolute atomic E-state index is 0.151. The van der Waals surface area contributed by atoms with Crippen molar-refractivity contribution in [1.29, 1.82) is 0 Å². The van der Waals surface area contributed by atoms with Crippen molar-refractivity contribution in [2.75, 3.05) is 41.5 Å². The van der Waals surface area contributed by atoms with Gasteiger partial charge in [0.05, 0.1) is 0 Å². The smallest absolute Gasteiger partial charge is 0.361 e. The van der Waals surface area contributed by atoms with Crippen LogP contribution in [0.15, 0.2) is 109 Å². The molecule has 0 saturated heterocycles. The number of ether oxygens (including phenoxy) is 3. The SMILES string of the molecule is CNCCOB(c1ccccc1)c1ccc(Oc2ccc([B]OC(OC)(OC)C(C)(NC)c3ccccc3)cc2)cc1. The summed E-state index contributed by atoms with van der Waals surface area (Å²) in [5, 5.41) is 6.45. The second-order valence-electron chi connectivity index (χ2n) is 9.95. The summed E-state index contributed by atoms with van der Waals surface area (Å²) in [7, 11) is 8.52. The number of methoxy groups -OCH3 is 2. The molecule has 1 radical (unpaired) electrons. The van der Waals surface area contributed by atoms with E-state index in [1.807, 2.05) is 118 Å². The molecule has 1 unspecified atom stereocenters. The van der Waals surface area contributed by atoms with Crippen LogP contribution in [0.2, 0.25) is 0 Å². The van der Waals surface area contributed by atoms with Crippen molar-refractivity contribution in [2.24, 2.45) is 0 Å². The maximum atomic E-state index is 6.20. The monoisotopic (exact) mass is 565 g/mol. The van der Waals surface area contributed by atoms with Gasteiger partial charge in [0.15, 0.2) is 0 Å². The average molecular weight is 565 g/mol. The van der Waals surface area contributed by atoms with Gasteiger partial charge in [-0.25, -0.2) is 0 Å². The van der Waals surface area contributed by atoms with E-state index in [1.165, 1.54) is 0 Å². The molecule has 4 rings (SSSR count). The molecule has 0 aliphatic carbocycles. The molecule has 0 aliphatic heterocycles. The number of hydrogen-bond acceptors (Lipinski definition) is 7. The van der Waals surface area contributed by atoms with Crippen LogP contribution >= 0.6 is 0 Å². The van der Waals surface area contributed by atoms with Gasteiger partial charge in [0.2, 0.25) is 0 Å². The lowest BCUT2D eigenvalue weighted by atomic mass is 9.55. The van der Waals surface area contributed by atoms with Crippen LogP contribution < -0.4 is 31.8 Å². The highest BCUT2D eigenvalue weighted by atomic mass is 16.9. The maximum Gasteiger partial charge on any atom is 0.361 e. The van der Waals surface area contributed by atoms with Crippen LogP contribution in [0.25, 0.3) is 0 Å². The topological polar surface area (TPSA) is 70.2 Å². The normalized spacial score (nSPS) is 12.9. The van der Waals surface area contributed by atoms with Gasteiger partial charge < -0.3 is 34.2 Å². The number of rotatable bonds is 16. The average Bonchev–Trinajstić information content (AvgIpc) is 3.05. The Morgan fingerprint density at radius 2 is 1.26 bits per heavy atom. The molecule has 1 atom stereocenters. The zero-order valence-corrected chi connectivity index (χ0v) is 25.0. The first-order chi connectivity index (χ1) is 20.5. The molecule has 4 aromatic carbocycles. The lowest BCUT2D eigenvalue weighted by Gasteiger charge is -2.45. The Hall–Kier alpha value is -3.43. The fourth-order valence-corrected chi connectivity index (χ4v) is 4.85. The fourth-order valence-electron chi connectivity index (χ4n) is 4.85. The molecule has 9 heteroatoms. The fraction of sp³-hybridized carbons (Fsp3) is 0.273. The van der Waals surface area contributed by atoms with Crippen LogP contribution in [0.4, 0.5) is 0 Å². The Morgan fingerprint density at radius 1 is 0.714 bits per heavy atom. The van der Waals surface area contributed by atoms with Gasteiger partial charge in [0, 0.05) is 27.4 Å². The molecule has 217 valence electrons. The molecule has 4 aromatic rings. The molecule has 0 amide bonds. The van der Waals surface area contributed by atoms with Gasteiger partial charge in [0.1, 0.15) is 17.0 Å². The summed E-state index contributed by atoms with van der Waals surface area (Å²) in [6.07, 6.45) is 0. The van der Waals surface area contributed by atoms with E-state index in [2.05, 4.69) is 22.8 Å². The van der Waals surface area contributed by atoms with E-state index in [4.69, 9.17) is 23.5 Å². The third-order valence-electron chi connectivity index (χ3n) is 7.39. The summed E-state index contributed by atoms with van der Waals surface area (Å²) in [5.41, 5.74) is 3.16. The minimum Gasteiger partial charge on any atom is -0.457 e. The lowest BCUT2D eigenvalue weighted by molar-refractivity contribution is -0.362. The van der Waals surface area contributed by atoms with Gasteiger partial charge in [-0.05, 0) is 61.8 Å². The summed E-state index contributed by atoms with van der Waals surface area (Å²) in [4.78, 5) is 0. The van der Waals surface area contributed by atoms with Crippen molar-refractivity contribution in [3.63, 3.8) is 0 Å². The summed E-state index contributed by atoms with van der Waals surface area (Å²) in [6.45, 7) is 3.21. The van der Waals surface area contributed by atoms with Gasteiger partial charge in [0.25, 0.3) is 5.97 Å². The third kappa shape index (κ3) is 7.31. The molecule has 0 aliphatic rings. The predicted molar refractivity (Wildman–Crippen MR) is 170 cm³/mol. The van der Waals surface area contributed by atoms with Crippen molar-refractivity contribution < 1.29 is 23.5 Å². The van der Waals surface area contributed by atoms with E-state index in [0.717, 1.165) is 34.2 Å². The first kappa shape index (κ1) is 31.5. The van der Waals surface area contributed by atoms with Gasteiger partial charge in [-0.2, -0.15) is 0 Å². The zero-order chi connectivity index (χ0) is 29.8. The van der Waals surface area contributed by atoms with Crippen LogP contribution in [-0.2, 0) is 24.3 Å². The Balaban J connectivity index is 1.42. The van der Waals surface area contributed by atoms with E-state index < -0.39 is 11.5 Å². The first-order valence-corrected chi connectivity index (χ1v) is 14.0. The largest absolute Gasteiger partial charge is 0.457 e. The van der Waals surface area contributed by atoms with Gasteiger partial charge in [-0.3, -0.25) is 0 Å². The standard InChI is InChI=1S/C33H39B2N2O5/c1-32(37-3,26-12-8-6-9-13-26)33(38-4,39-5)42-34-27-16-20-30(21-17-27)41-31-22-18-29(19-23-31)35(40-25-24-36-2)28-14-10-7-11-15-28/h6-23,36-37H,24-25H2,1-5H3. The highest BCUT2D eigenvalue weighted by molar-refractivity contribution is 6.80. The molecule has 0 saturated carbocycles. The molecule has 0 spiro atoms. The van der Waals surface area contributed by atoms with E-state index in [-0.39, 0.29) is 6.92 Å². The number of hydrogen-bond donors (Lipinski definition) is 2. The Kier molecular flexibility index (Phi) is 11.4. The first-order valence-electron chi connectivity index (χ1n) is 14.0. The van der Waals surface area contributed by atoms with Crippen LogP contribution in [0.5, 0.6) is 11.5 Å². The predicted octanol–water partition coefficient (Wildman–Crippen LogP) is 3.16. The lowest BCUT2D eigenvalue weighted by Crippen LogP contribution is -2.62. The molecule has 0 aromatic heterocycles. The summed E-state index contributed by atoms with van der Waals surface area (Å²) in [5.74, 6) is 0.0204. The van der Waals surface area contributed by atoms with Gasteiger partial charge in [-0.15, -0.1) is 0 Å². The highest BCUT2D eigenvalue weighted by Gasteiger charge is 2.51. The Morgan fingerprint density at radius 3 is 1.81 bits per heavy atom. The maximum absolute atomic E-state index is 6.20. The Bertz CT molecular complexity index is 1340. The quantitative estimate of drug-likeness (QED) is 0.123. The van der Waals surface area contributed by atoms with E-state index in [1.54, 1.807) is 21.7 Å². The molecular weight excluding hydrogens is 526 g/mol. The van der Waals surface area contributed by atoms with Crippen LogP contribution in [0, 0.1) is 0 Å². The molecule has 0 fully saturated rings. The zero-order valence-electron chi connectivity index (χ0n) is 25.0. The molecular formula is C33H39B2N2O5. The second-order valence-corrected chi connectivity index (χ2v) is 9.95. The Labute approximate surface area is 250 Å². The minimum atomic E-state index is -1.42. The van der Waals surface area contributed by atoms with E-state index >= 15 is 0 Å². The van der Waals surface area contributed by atoms with Crippen molar-refractivity contribution in [3.8, 4) is 11.5 Å². The van der Waals surface area contributed by atoms with Gasteiger partial charge >= 0.3 is 14.4 Å². The summed E-state index contributed by atoms with van der Waals surface area (Å²) >= 11 is 0. The summed E-state index contributed by atoms with van der Waals surface area (Å²) < 4.78 is 30.2. The number of nitrogens with one attached hydrogen (secondary N) is 2.